The molecule has 1 N–H and O–H groups in total. The normalized spacial score (nSPS) is 28.3. The summed E-state index contributed by atoms with van der Waals surface area (Å²) >= 11 is 9.84. The molecule has 1 aliphatic rings. The van der Waals surface area contributed by atoms with E-state index in [1.807, 2.05) is 0 Å². The third-order valence-electron chi connectivity index (χ3n) is 1.94. The number of hydrogen-bond acceptors (Lipinski definition) is 6. The zero-order valence-corrected chi connectivity index (χ0v) is 10.4. The Morgan fingerprint density at radius 3 is 2.79 bits per heavy atom. The summed E-state index contributed by atoms with van der Waals surface area (Å²) in [7, 11) is 0. The van der Waals surface area contributed by atoms with Crippen LogP contribution in [0.3, 0.4) is 0 Å². The van der Waals surface area contributed by atoms with E-state index in [2.05, 4.69) is 30.0 Å². The molecular weight excluding hydrogens is 238 g/mol. The van der Waals surface area contributed by atoms with Crippen LogP contribution in [0.5, 0.6) is 0 Å². The molecule has 0 bridgehead atoms. The maximum absolute atomic E-state index is 11.4. The third kappa shape index (κ3) is 3.92. The Balaban J connectivity index is 2.40. The molecule has 0 aromatic carbocycles. The monoisotopic (exact) mass is 253 g/mol. The average Bonchev–Trinajstić information content (AvgIpc) is 2.34. The summed E-state index contributed by atoms with van der Waals surface area (Å²) in [5, 5.41) is 0.321. The Hall–Kier alpha value is 0.480. The lowest BCUT2D eigenvalue weighted by Crippen LogP contribution is -2.32. The van der Waals surface area contributed by atoms with Gasteiger partial charge in [0.1, 0.15) is 12.6 Å². The maximum Gasteiger partial charge on any atom is 0.324 e. The van der Waals surface area contributed by atoms with Crippen LogP contribution in [-0.2, 0) is 9.53 Å². The van der Waals surface area contributed by atoms with Gasteiger partial charge in [-0.05, 0) is 24.3 Å². The van der Waals surface area contributed by atoms with Gasteiger partial charge in [-0.2, -0.15) is 25.3 Å². The van der Waals surface area contributed by atoms with Gasteiger partial charge in [-0.3, -0.25) is 4.79 Å². The van der Waals surface area contributed by atoms with Crippen molar-refractivity contribution in [3.63, 3.8) is 0 Å². The van der Waals surface area contributed by atoms with Gasteiger partial charge in [-0.15, -0.1) is 0 Å². The lowest BCUT2D eigenvalue weighted by Gasteiger charge is -2.11. The van der Waals surface area contributed by atoms with Crippen LogP contribution in [0, 0.1) is 0 Å². The first-order chi connectivity index (χ1) is 6.77. The lowest BCUT2D eigenvalue weighted by atomic mass is 10.2. The van der Waals surface area contributed by atoms with Crippen molar-refractivity contribution in [3.05, 3.63) is 0 Å². The first-order valence-corrected chi connectivity index (χ1v) is 6.72. The van der Waals surface area contributed by atoms with Gasteiger partial charge in [0.05, 0.1) is 5.25 Å². The zero-order valence-electron chi connectivity index (χ0n) is 7.81. The minimum absolute atomic E-state index is 0.159. The number of carbonyl (C=O) groups excluding carboxylic acids is 1. The van der Waals surface area contributed by atoms with Crippen LogP contribution in [0.4, 0.5) is 0 Å². The SMILES string of the molecule is O=C1OCC(CCS)SN[C@H]1CCS. The molecule has 0 amide bonds. The molecule has 82 valence electrons. The highest BCUT2D eigenvalue weighted by molar-refractivity contribution is 7.98. The van der Waals surface area contributed by atoms with Gasteiger partial charge in [0.15, 0.2) is 0 Å². The number of rotatable bonds is 4. The van der Waals surface area contributed by atoms with E-state index in [9.17, 15) is 4.79 Å². The summed E-state index contributed by atoms with van der Waals surface area (Å²) in [4.78, 5) is 11.4. The highest BCUT2D eigenvalue weighted by Crippen LogP contribution is 2.18. The van der Waals surface area contributed by atoms with Crippen molar-refractivity contribution >= 4 is 43.2 Å². The number of nitrogens with one attached hydrogen (secondary N) is 1. The number of ether oxygens (including phenoxy) is 1. The van der Waals surface area contributed by atoms with Crippen molar-refractivity contribution in [1.82, 2.24) is 4.72 Å². The molecule has 0 saturated carbocycles. The van der Waals surface area contributed by atoms with Crippen molar-refractivity contribution in [2.45, 2.75) is 24.1 Å². The second kappa shape index (κ2) is 6.87. The van der Waals surface area contributed by atoms with Gasteiger partial charge in [-0.1, -0.05) is 11.9 Å². The van der Waals surface area contributed by atoms with Gasteiger partial charge >= 0.3 is 5.97 Å². The maximum atomic E-state index is 11.4. The molecule has 0 aliphatic carbocycles. The second-order valence-corrected chi connectivity index (χ2v) is 5.10. The van der Waals surface area contributed by atoms with Crippen LogP contribution < -0.4 is 4.72 Å². The zero-order chi connectivity index (χ0) is 10.4. The highest BCUT2D eigenvalue weighted by Gasteiger charge is 2.25. The molecule has 1 unspecified atom stereocenters. The van der Waals surface area contributed by atoms with Crippen LogP contribution >= 0.6 is 37.2 Å². The summed E-state index contributed by atoms with van der Waals surface area (Å²) in [6.07, 6.45) is 1.66. The first-order valence-electron chi connectivity index (χ1n) is 4.57. The molecule has 6 heteroatoms. The summed E-state index contributed by atoms with van der Waals surface area (Å²) < 4.78 is 8.27. The molecule has 2 atom stereocenters. The van der Waals surface area contributed by atoms with E-state index in [1.54, 1.807) is 11.9 Å². The minimum atomic E-state index is -0.206. The van der Waals surface area contributed by atoms with E-state index >= 15 is 0 Å². The van der Waals surface area contributed by atoms with Crippen molar-refractivity contribution in [2.24, 2.45) is 0 Å². The van der Waals surface area contributed by atoms with Crippen molar-refractivity contribution in [1.29, 1.82) is 0 Å². The summed E-state index contributed by atoms with van der Waals surface area (Å²) in [5.41, 5.74) is 0. The lowest BCUT2D eigenvalue weighted by molar-refractivity contribution is -0.145. The molecule has 1 aliphatic heterocycles. The standard InChI is InChI=1S/C8H15NO2S3/c10-8-7(2-4-13)9-14-6(1-3-12)5-11-8/h6-7,9,12-13H,1-5H2/t6?,7-/m0/s1. The molecule has 0 spiro atoms. The molecule has 3 nitrogen and oxygen atoms in total. The fourth-order valence-corrected chi connectivity index (χ4v) is 2.82. The number of cyclic esters (lactones) is 1. The van der Waals surface area contributed by atoms with E-state index < -0.39 is 0 Å². The van der Waals surface area contributed by atoms with Gasteiger partial charge in [-0.25, -0.2) is 4.72 Å². The van der Waals surface area contributed by atoms with Crippen molar-refractivity contribution in [3.8, 4) is 0 Å². The number of thiol groups is 2. The fraction of sp³-hybridized carbons (Fsp3) is 0.875. The van der Waals surface area contributed by atoms with E-state index in [4.69, 9.17) is 4.74 Å². The van der Waals surface area contributed by atoms with Crippen molar-refractivity contribution in [2.75, 3.05) is 18.1 Å². The summed E-state index contributed by atoms with van der Waals surface area (Å²) in [5.74, 6) is 1.34. The minimum Gasteiger partial charge on any atom is -0.463 e. The Morgan fingerprint density at radius 1 is 1.43 bits per heavy atom. The molecule has 0 radical (unpaired) electrons. The number of hydrogen-bond donors (Lipinski definition) is 3. The van der Waals surface area contributed by atoms with E-state index in [0.717, 1.165) is 12.2 Å². The average molecular weight is 253 g/mol. The largest absolute Gasteiger partial charge is 0.463 e. The molecule has 1 saturated heterocycles. The number of carbonyl (C=O) groups is 1. The topological polar surface area (TPSA) is 38.3 Å². The van der Waals surface area contributed by atoms with E-state index in [-0.39, 0.29) is 12.0 Å². The van der Waals surface area contributed by atoms with E-state index in [0.29, 0.717) is 24.0 Å². The van der Waals surface area contributed by atoms with Crippen LogP contribution in [0.25, 0.3) is 0 Å². The van der Waals surface area contributed by atoms with Crippen LogP contribution in [0.2, 0.25) is 0 Å². The Labute approximate surface area is 99.7 Å². The van der Waals surface area contributed by atoms with Crippen molar-refractivity contribution < 1.29 is 9.53 Å². The smallest absolute Gasteiger partial charge is 0.324 e. The molecule has 14 heavy (non-hydrogen) atoms. The van der Waals surface area contributed by atoms with Gasteiger partial charge in [0.2, 0.25) is 0 Å². The van der Waals surface area contributed by atoms with E-state index in [1.165, 1.54) is 0 Å². The molecule has 0 aromatic heterocycles. The number of esters is 1. The highest BCUT2D eigenvalue weighted by atomic mass is 32.2. The molecule has 0 aromatic rings. The van der Waals surface area contributed by atoms with Crippen LogP contribution in [-0.4, -0.2) is 35.4 Å². The quantitative estimate of drug-likeness (QED) is 0.399. The Bertz CT molecular complexity index is 191. The summed E-state index contributed by atoms with van der Waals surface area (Å²) in [6.45, 7) is 0.486. The second-order valence-electron chi connectivity index (χ2n) is 3.06. The predicted molar refractivity (Wildman–Crippen MR) is 66.2 cm³/mol. The Kier molecular flexibility index (Phi) is 6.16. The van der Waals surface area contributed by atoms with Crippen LogP contribution in [0.1, 0.15) is 12.8 Å². The predicted octanol–water partition coefficient (Wildman–Crippen LogP) is 1.16. The van der Waals surface area contributed by atoms with Crippen LogP contribution in [0.15, 0.2) is 0 Å². The molecule has 1 rings (SSSR count). The van der Waals surface area contributed by atoms with Gasteiger partial charge in [0.25, 0.3) is 0 Å². The molecular formula is C8H15NO2S3. The van der Waals surface area contributed by atoms with Gasteiger partial charge < -0.3 is 4.74 Å². The third-order valence-corrected chi connectivity index (χ3v) is 3.58. The van der Waals surface area contributed by atoms with Gasteiger partial charge in [0, 0.05) is 0 Å². The molecule has 1 heterocycles. The Morgan fingerprint density at radius 2 is 2.14 bits per heavy atom. The molecule has 1 fully saturated rings. The first kappa shape index (κ1) is 12.5. The fourth-order valence-electron chi connectivity index (χ4n) is 1.13. The summed E-state index contributed by atoms with van der Waals surface area (Å²) in [6, 6.07) is -0.206.